The van der Waals surface area contributed by atoms with E-state index in [1.54, 1.807) is 12.3 Å². The molecule has 2 aliphatic rings. The number of halogens is 1. The molecule has 1 aromatic carbocycles. The number of nitrogens with one attached hydrogen (secondary N) is 2. The first kappa shape index (κ1) is 23.0. The topological polar surface area (TPSA) is 62.9 Å². The number of imidazole rings is 1. The first-order valence-corrected chi connectivity index (χ1v) is 12.4. The number of nitrogens with zero attached hydrogens (tertiary/aromatic N) is 5. The first-order valence-electron chi connectivity index (χ1n) is 12.1. The molecule has 0 radical (unpaired) electrons. The summed E-state index contributed by atoms with van der Waals surface area (Å²) in [5, 5.41) is 3.78. The highest BCUT2D eigenvalue weighted by Crippen LogP contribution is 2.35. The number of hydrogen-bond acceptors (Lipinski definition) is 5. The van der Waals surface area contributed by atoms with Gasteiger partial charge in [0.15, 0.2) is 0 Å². The Bertz CT molecular complexity index is 1160. The highest BCUT2D eigenvalue weighted by molar-refractivity contribution is 6.31. The van der Waals surface area contributed by atoms with Gasteiger partial charge in [0.1, 0.15) is 11.5 Å². The zero-order valence-electron chi connectivity index (χ0n) is 19.8. The highest BCUT2D eigenvalue weighted by Gasteiger charge is 2.27. The Morgan fingerprint density at radius 1 is 1.12 bits per heavy atom. The second-order valence-corrected chi connectivity index (χ2v) is 9.83. The van der Waals surface area contributed by atoms with E-state index in [2.05, 4.69) is 50.3 Å². The van der Waals surface area contributed by atoms with Crippen LogP contribution in [0.5, 0.6) is 0 Å². The van der Waals surface area contributed by atoms with Crippen molar-refractivity contribution in [2.45, 2.75) is 25.4 Å². The molecule has 2 N–H and O–H groups in total. The van der Waals surface area contributed by atoms with Crippen molar-refractivity contribution in [3.63, 3.8) is 0 Å². The lowest BCUT2D eigenvalue weighted by Crippen LogP contribution is -2.53. The third-order valence-electron chi connectivity index (χ3n) is 7.26. The Balaban J connectivity index is 1.42. The van der Waals surface area contributed by atoms with Gasteiger partial charge in [-0.25, -0.2) is 4.98 Å². The molecular weight excluding hydrogens is 446 g/mol. The second kappa shape index (κ2) is 9.86. The zero-order valence-corrected chi connectivity index (χ0v) is 20.6. The van der Waals surface area contributed by atoms with Crippen LogP contribution < -0.4 is 10.2 Å². The zero-order chi connectivity index (χ0) is 23.7. The molecular formula is C26H33ClN7-. The summed E-state index contributed by atoms with van der Waals surface area (Å²) in [5.74, 6) is 1.11. The van der Waals surface area contributed by atoms with Crippen molar-refractivity contribution in [1.82, 2.24) is 24.5 Å². The molecule has 5 rings (SSSR count). The van der Waals surface area contributed by atoms with E-state index >= 15 is 0 Å². The number of piperidine rings is 1. The van der Waals surface area contributed by atoms with Crippen molar-refractivity contribution in [3.05, 3.63) is 65.8 Å². The molecule has 2 saturated heterocycles. The Morgan fingerprint density at radius 2 is 1.88 bits per heavy atom. The summed E-state index contributed by atoms with van der Waals surface area (Å²) in [6.07, 6.45) is 8.35. The Hall–Kier alpha value is -2.74. The number of likely N-dealkylation sites (tertiary alicyclic amines) is 1. The van der Waals surface area contributed by atoms with Crippen LogP contribution in [-0.4, -0.2) is 71.5 Å². The summed E-state index contributed by atoms with van der Waals surface area (Å²) in [7, 11) is 2.22. The van der Waals surface area contributed by atoms with Crippen LogP contribution in [0.15, 0.2) is 49.4 Å². The quantitative estimate of drug-likeness (QED) is 0.552. The summed E-state index contributed by atoms with van der Waals surface area (Å²) in [5.41, 5.74) is 12.8. The molecule has 0 bridgehead atoms. The van der Waals surface area contributed by atoms with Gasteiger partial charge in [0.2, 0.25) is 0 Å². The van der Waals surface area contributed by atoms with Gasteiger partial charge < -0.3 is 20.9 Å². The predicted octanol–water partition coefficient (Wildman–Crippen LogP) is 4.79. The van der Waals surface area contributed by atoms with E-state index in [0.717, 1.165) is 54.3 Å². The van der Waals surface area contributed by atoms with Gasteiger partial charge in [0.25, 0.3) is 0 Å². The molecule has 34 heavy (non-hydrogen) atoms. The molecule has 0 saturated carbocycles. The van der Waals surface area contributed by atoms with Gasteiger partial charge in [-0.3, -0.25) is 9.30 Å². The van der Waals surface area contributed by atoms with Crippen molar-refractivity contribution in [3.8, 4) is 11.1 Å². The molecule has 7 nitrogen and oxygen atoms in total. The fourth-order valence-corrected chi connectivity index (χ4v) is 5.45. The standard InChI is InChI=1S/C26H33ClN7/c1-3-29-16-19-14-25-30-17-26(34(25)18-23(19)22-5-4-20(27)15-24(22)28)33-12-10-32(11-13-33)21-6-8-31(2)9-7-21/h3-5,14-15,17-18,21,28-29H,1,6-13,16H2,2H3/q-1. The van der Waals surface area contributed by atoms with Crippen molar-refractivity contribution in [1.29, 1.82) is 0 Å². The number of anilines is 1. The fourth-order valence-electron chi connectivity index (χ4n) is 5.28. The molecule has 2 aliphatic heterocycles. The van der Waals surface area contributed by atoms with Gasteiger partial charge in [-0.1, -0.05) is 30.3 Å². The number of benzene rings is 1. The summed E-state index contributed by atoms with van der Waals surface area (Å²) in [6, 6.07) is 8.30. The predicted molar refractivity (Wildman–Crippen MR) is 141 cm³/mol. The van der Waals surface area contributed by atoms with E-state index in [9.17, 15) is 0 Å². The van der Waals surface area contributed by atoms with Gasteiger partial charge in [-0.05, 0) is 62.4 Å². The normalized spacial score (nSPS) is 18.5. The summed E-state index contributed by atoms with van der Waals surface area (Å²) in [6.45, 7) is 11.0. The first-order chi connectivity index (χ1) is 16.5. The molecule has 4 heterocycles. The molecule has 3 aromatic rings. The van der Waals surface area contributed by atoms with Gasteiger partial charge in [-0.15, -0.1) is 5.69 Å². The minimum atomic E-state index is 0.417. The Labute approximate surface area is 206 Å². The molecule has 0 unspecified atom stereocenters. The number of rotatable bonds is 6. The minimum Gasteiger partial charge on any atom is -0.698 e. The van der Waals surface area contributed by atoms with Crippen LogP contribution in [0.1, 0.15) is 18.4 Å². The second-order valence-electron chi connectivity index (χ2n) is 9.39. The van der Waals surface area contributed by atoms with Gasteiger partial charge >= 0.3 is 0 Å². The molecule has 2 aromatic heterocycles. The average Bonchev–Trinajstić information content (AvgIpc) is 3.26. The lowest BCUT2D eigenvalue weighted by atomic mass is 10.00. The number of pyridine rings is 1. The van der Waals surface area contributed by atoms with Crippen LogP contribution in [-0.2, 0) is 6.54 Å². The van der Waals surface area contributed by atoms with E-state index in [4.69, 9.17) is 22.3 Å². The Morgan fingerprint density at radius 3 is 2.59 bits per heavy atom. The average molecular weight is 479 g/mol. The smallest absolute Gasteiger partial charge is 0.138 e. The largest absolute Gasteiger partial charge is 0.698 e. The molecule has 0 aliphatic carbocycles. The van der Waals surface area contributed by atoms with Crippen molar-refractivity contribution in [2.24, 2.45) is 0 Å². The van der Waals surface area contributed by atoms with Crippen molar-refractivity contribution < 1.29 is 0 Å². The van der Waals surface area contributed by atoms with Crippen LogP contribution in [0.25, 0.3) is 22.5 Å². The molecule has 0 amide bonds. The van der Waals surface area contributed by atoms with E-state index in [1.807, 2.05) is 18.3 Å². The maximum atomic E-state index is 8.51. The van der Waals surface area contributed by atoms with Crippen LogP contribution in [0, 0.1) is 0 Å². The third kappa shape index (κ3) is 4.60. The van der Waals surface area contributed by atoms with Gasteiger partial charge in [-0.2, -0.15) is 0 Å². The lowest BCUT2D eigenvalue weighted by molar-refractivity contribution is 0.115. The molecule has 0 atom stereocenters. The van der Waals surface area contributed by atoms with E-state index in [-0.39, 0.29) is 0 Å². The molecule has 2 fully saturated rings. The van der Waals surface area contributed by atoms with Crippen LogP contribution in [0.4, 0.5) is 11.5 Å². The number of piperazine rings is 1. The van der Waals surface area contributed by atoms with Gasteiger partial charge in [0, 0.05) is 55.5 Å². The lowest BCUT2D eigenvalue weighted by Gasteiger charge is -2.42. The monoisotopic (exact) mass is 478 g/mol. The van der Waals surface area contributed by atoms with Gasteiger partial charge in [0.05, 0.1) is 6.20 Å². The third-order valence-corrected chi connectivity index (χ3v) is 7.50. The summed E-state index contributed by atoms with van der Waals surface area (Å²) >= 11 is 6.13. The van der Waals surface area contributed by atoms with Crippen LogP contribution in [0.2, 0.25) is 5.02 Å². The van der Waals surface area contributed by atoms with E-state index in [1.165, 1.54) is 25.9 Å². The fraction of sp³-hybridized carbons (Fsp3) is 0.423. The summed E-state index contributed by atoms with van der Waals surface area (Å²) < 4.78 is 2.17. The number of hydrogen-bond donors (Lipinski definition) is 1. The van der Waals surface area contributed by atoms with Crippen molar-refractivity contribution in [2.75, 3.05) is 51.2 Å². The molecule has 8 heteroatoms. The molecule has 180 valence electrons. The van der Waals surface area contributed by atoms with E-state index < -0.39 is 0 Å². The maximum Gasteiger partial charge on any atom is 0.138 e. The maximum absolute atomic E-state index is 8.51. The van der Waals surface area contributed by atoms with E-state index in [0.29, 0.717) is 23.3 Å². The summed E-state index contributed by atoms with van der Waals surface area (Å²) in [4.78, 5) is 12.3. The molecule has 0 spiro atoms. The highest BCUT2D eigenvalue weighted by atomic mass is 35.5. The van der Waals surface area contributed by atoms with Crippen molar-refractivity contribution >= 4 is 28.8 Å². The number of fused-ring (bicyclic) bond motifs is 1. The number of aromatic nitrogens is 2. The SMILES string of the molecule is C=CNCc1cc2ncc(N3CCN(C4CCN(C)CC4)CC3)n2cc1-c1ccc(Cl)cc1[NH-]. The van der Waals surface area contributed by atoms with Crippen LogP contribution in [0.3, 0.4) is 0 Å². The van der Waals surface area contributed by atoms with Crippen LogP contribution >= 0.6 is 11.6 Å². The minimum absolute atomic E-state index is 0.417. The Kier molecular flexibility index (Phi) is 6.68.